The summed E-state index contributed by atoms with van der Waals surface area (Å²) in [6.45, 7) is 1.99. The molecular formula is C15H25N3O. The third kappa shape index (κ3) is 4.69. The van der Waals surface area contributed by atoms with E-state index < -0.39 is 0 Å². The summed E-state index contributed by atoms with van der Waals surface area (Å²) in [4.78, 5) is 11.8. The van der Waals surface area contributed by atoms with E-state index in [0.29, 0.717) is 6.42 Å². The lowest BCUT2D eigenvalue weighted by Crippen LogP contribution is -2.26. The highest BCUT2D eigenvalue weighted by Crippen LogP contribution is 2.27. The molecule has 1 atom stereocenters. The Balaban J connectivity index is 1.61. The molecule has 0 aromatic carbocycles. The molecule has 1 saturated carbocycles. The average Bonchev–Trinajstić information content (AvgIpc) is 2.94. The SMILES string of the molecule is CC(NC(=O)CCCC1CCCCC1)c1cn[nH]c1. The summed E-state index contributed by atoms with van der Waals surface area (Å²) in [5.41, 5.74) is 1.03. The van der Waals surface area contributed by atoms with Gasteiger partial charge in [-0.15, -0.1) is 0 Å². The topological polar surface area (TPSA) is 57.8 Å². The van der Waals surface area contributed by atoms with Gasteiger partial charge in [0.1, 0.15) is 0 Å². The van der Waals surface area contributed by atoms with Crippen molar-refractivity contribution in [3.8, 4) is 0 Å². The molecule has 1 aromatic rings. The molecule has 1 unspecified atom stereocenters. The van der Waals surface area contributed by atoms with Crippen LogP contribution in [0.2, 0.25) is 0 Å². The van der Waals surface area contributed by atoms with Crippen molar-refractivity contribution in [2.75, 3.05) is 0 Å². The Morgan fingerprint density at radius 3 is 2.95 bits per heavy atom. The second kappa shape index (κ2) is 7.31. The molecule has 19 heavy (non-hydrogen) atoms. The predicted octanol–water partition coefficient (Wildman–Crippen LogP) is 3.34. The Morgan fingerprint density at radius 1 is 1.47 bits per heavy atom. The molecule has 2 rings (SSSR count). The fourth-order valence-electron chi connectivity index (χ4n) is 2.92. The number of aromatic amines is 1. The van der Waals surface area contributed by atoms with Crippen LogP contribution < -0.4 is 5.32 Å². The summed E-state index contributed by atoms with van der Waals surface area (Å²) in [6, 6.07) is 0.0425. The first-order valence-electron chi connectivity index (χ1n) is 7.53. The van der Waals surface area contributed by atoms with Gasteiger partial charge >= 0.3 is 0 Å². The van der Waals surface area contributed by atoms with Crippen molar-refractivity contribution in [3.05, 3.63) is 18.0 Å². The zero-order valence-electron chi connectivity index (χ0n) is 11.8. The molecule has 0 saturated heterocycles. The molecule has 0 spiro atoms. The molecule has 2 N–H and O–H groups in total. The second-order valence-corrected chi connectivity index (χ2v) is 5.72. The van der Waals surface area contributed by atoms with Crippen LogP contribution in [0.4, 0.5) is 0 Å². The van der Waals surface area contributed by atoms with Gasteiger partial charge < -0.3 is 5.32 Å². The Hall–Kier alpha value is -1.32. The van der Waals surface area contributed by atoms with E-state index in [4.69, 9.17) is 0 Å². The molecule has 0 radical (unpaired) electrons. The zero-order valence-corrected chi connectivity index (χ0v) is 11.8. The predicted molar refractivity (Wildman–Crippen MR) is 75.6 cm³/mol. The second-order valence-electron chi connectivity index (χ2n) is 5.72. The monoisotopic (exact) mass is 263 g/mol. The summed E-state index contributed by atoms with van der Waals surface area (Å²) in [5.74, 6) is 1.03. The number of nitrogens with zero attached hydrogens (tertiary/aromatic N) is 1. The van der Waals surface area contributed by atoms with Gasteiger partial charge in [0.2, 0.25) is 5.91 Å². The van der Waals surface area contributed by atoms with Gasteiger partial charge in [0.25, 0.3) is 0 Å². The van der Waals surface area contributed by atoms with Gasteiger partial charge in [0.05, 0.1) is 12.2 Å². The third-order valence-corrected chi connectivity index (χ3v) is 4.14. The van der Waals surface area contributed by atoms with Crippen molar-refractivity contribution in [1.29, 1.82) is 0 Å². The van der Waals surface area contributed by atoms with Crippen molar-refractivity contribution >= 4 is 5.91 Å². The van der Waals surface area contributed by atoms with E-state index in [2.05, 4.69) is 15.5 Å². The molecule has 4 nitrogen and oxygen atoms in total. The highest BCUT2D eigenvalue weighted by atomic mass is 16.1. The van der Waals surface area contributed by atoms with Gasteiger partial charge in [-0.2, -0.15) is 5.10 Å². The first-order chi connectivity index (χ1) is 9.25. The van der Waals surface area contributed by atoms with Crippen molar-refractivity contribution in [2.45, 2.75) is 64.3 Å². The Morgan fingerprint density at radius 2 is 2.26 bits per heavy atom. The number of H-pyrrole nitrogens is 1. The van der Waals surface area contributed by atoms with Gasteiger partial charge in [-0.05, 0) is 25.7 Å². The van der Waals surface area contributed by atoms with E-state index in [1.54, 1.807) is 6.20 Å². The van der Waals surface area contributed by atoms with Crippen molar-refractivity contribution in [2.24, 2.45) is 5.92 Å². The summed E-state index contributed by atoms with van der Waals surface area (Å²) < 4.78 is 0. The van der Waals surface area contributed by atoms with E-state index in [9.17, 15) is 4.79 Å². The van der Waals surface area contributed by atoms with Crippen LogP contribution >= 0.6 is 0 Å². The van der Waals surface area contributed by atoms with Crippen LogP contribution in [0.25, 0.3) is 0 Å². The normalized spacial score (nSPS) is 18.2. The minimum atomic E-state index is 0.0425. The number of aromatic nitrogens is 2. The van der Waals surface area contributed by atoms with Gasteiger partial charge in [0, 0.05) is 18.2 Å². The number of hydrogen-bond acceptors (Lipinski definition) is 2. The molecule has 1 amide bonds. The molecule has 1 aromatic heterocycles. The smallest absolute Gasteiger partial charge is 0.220 e. The van der Waals surface area contributed by atoms with Crippen molar-refractivity contribution < 1.29 is 4.79 Å². The number of hydrogen-bond donors (Lipinski definition) is 2. The molecule has 1 aliphatic carbocycles. The maximum Gasteiger partial charge on any atom is 0.220 e. The summed E-state index contributed by atoms with van der Waals surface area (Å²) in [6.07, 6.45) is 13.4. The molecule has 0 aliphatic heterocycles. The Kier molecular flexibility index (Phi) is 5.43. The molecule has 106 valence electrons. The molecule has 1 aliphatic rings. The highest BCUT2D eigenvalue weighted by Gasteiger charge is 2.14. The number of amides is 1. The number of rotatable bonds is 6. The lowest BCUT2D eigenvalue weighted by Gasteiger charge is -2.21. The Labute approximate surface area is 115 Å². The van der Waals surface area contributed by atoms with Crippen molar-refractivity contribution in [1.82, 2.24) is 15.5 Å². The van der Waals surface area contributed by atoms with Gasteiger partial charge in [-0.1, -0.05) is 32.1 Å². The molecule has 0 bridgehead atoms. The van der Waals surface area contributed by atoms with Crippen LogP contribution in [-0.2, 0) is 4.79 Å². The Bertz CT molecular complexity index is 369. The number of carbonyl (C=O) groups excluding carboxylic acids is 1. The van der Waals surface area contributed by atoms with E-state index in [-0.39, 0.29) is 11.9 Å². The largest absolute Gasteiger partial charge is 0.349 e. The van der Waals surface area contributed by atoms with Gasteiger partial charge in [0.15, 0.2) is 0 Å². The highest BCUT2D eigenvalue weighted by molar-refractivity contribution is 5.76. The number of carbonyl (C=O) groups is 1. The summed E-state index contributed by atoms with van der Waals surface area (Å²) in [5, 5.41) is 9.69. The third-order valence-electron chi connectivity index (χ3n) is 4.14. The van der Waals surface area contributed by atoms with Crippen LogP contribution in [0.3, 0.4) is 0 Å². The summed E-state index contributed by atoms with van der Waals surface area (Å²) in [7, 11) is 0. The van der Waals surface area contributed by atoms with E-state index in [1.807, 2.05) is 13.1 Å². The molecule has 1 heterocycles. The van der Waals surface area contributed by atoms with Crippen LogP contribution in [0, 0.1) is 5.92 Å². The van der Waals surface area contributed by atoms with Crippen LogP contribution in [0.15, 0.2) is 12.4 Å². The molecule has 1 fully saturated rings. The van der Waals surface area contributed by atoms with Crippen molar-refractivity contribution in [3.63, 3.8) is 0 Å². The van der Waals surface area contributed by atoms with Gasteiger partial charge in [-0.3, -0.25) is 9.89 Å². The van der Waals surface area contributed by atoms with Crippen LogP contribution in [0.1, 0.15) is 69.9 Å². The van der Waals surface area contributed by atoms with Crippen LogP contribution in [-0.4, -0.2) is 16.1 Å². The lowest BCUT2D eigenvalue weighted by molar-refractivity contribution is -0.121. The first-order valence-corrected chi connectivity index (χ1v) is 7.53. The summed E-state index contributed by atoms with van der Waals surface area (Å²) >= 11 is 0. The quantitative estimate of drug-likeness (QED) is 0.827. The maximum absolute atomic E-state index is 11.8. The lowest BCUT2D eigenvalue weighted by atomic mass is 9.86. The van der Waals surface area contributed by atoms with E-state index in [1.165, 1.54) is 38.5 Å². The number of nitrogens with one attached hydrogen (secondary N) is 2. The molecular weight excluding hydrogens is 238 g/mol. The minimum Gasteiger partial charge on any atom is -0.349 e. The fraction of sp³-hybridized carbons (Fsp3) is 0.733. The van der Waals surface area contributed by atoms with Crippen LogP contribution in [0.5, 0.6) is 0 Å². The minimum absolute atomic E-state index is 0.0425. The zero-order chi connectivity index (χ0) is 13.5. The van der Waals surface area contributed by atoms with E-state index in [0.717, 1.165) is 17.9 Å². The molecule has 4 heteroatoms. The van der Waals surface area contributed by atoms with Gasteiger partial charge in [-0.25, -0.2) is 0 Å². The maximum atomic E-state index is 11.8. The van der Waals surface area contributed by atoms with E-state index >= 15 is 0 Å². The fourth-order valence-corrected chi connectivity index (χ4v) is 2.92. The standard InChI is InChI=1S/C15H25N3O/c1-12(14-10-16-17-11-14)18-15(19)9-5-8-13-6-3-2-4-7-13/h10-13H,2-9H2,1H3,(H,16,17)(H,18,19). The first kappa shape index (κ1) is 14.1. The average molecular weight is 263 g/mol.